The van der Waals surface area contributed by atoms with E-state index in [0.29, 0.717) is 0 Å². The topological polar surface area (TPSA) is 114 Å². The van der Waals surface area contributed by atoms with Gasteiger partial charge < -0.3 is 10.4 Å². The third-order valence-electron chi connectivity index (χ3n) is 1.99. The number of amides is 1. The van der Waals surface area contributed by atoms with Crippen molar-refractivity contribution in [3.63, 3.8) is 0 Å². The van der Waals surface area contributed by atoms with E-state index in [4.69, 9.17) is 5.11 Å². The summed E-state index contributed by atoms with van der Waals surface area (Å²) in [6.07, 6.45) is 1.16. The molecule has 0 fully saturated rings. The van der Waals surface area contributed by atoms with Gasteiger partial charge in [-0.15, -0.1) is 5.10 Å². The number of aromatic nitrogens is 5. The molecule has 0 aliphatic heterocycles. The number of nitrogens with zero attached hydrogens (tertiary/aromatic N) is 5. The zero-order chi connectivity index (χ0) is 11.7. The van der Waals surface area contributed by atoms with Gasteiger partial charge in [-0.1, -0.05) is 5.21 Å². The van der Waals surface area contributed by atoms with Crippen LogP contribution in [0.1, 0.15) is 10.5 Å². The average Bonchev–Trinajstić information content (AvgIpc) is 2.73. The summed E-state index contributed by atoms with van der Waals surface area (Å²) in [5.74, 6) is -0.460. The van der Waals surface area contributed by atoms with Crippen molar-refractivity contribution in [3.05, 3.63) is 22.5 Å². The first-order valence-corrected chi connectivity index (χ1v) is 4.33. The van der Waals surface area contributed by atoms with Crippen molar-refractivity contribution >= 4 is 11.6 Å². The summed E-state index contributed by atoms with van der Waals surface area (Å²) in [6, 6.07) is 0. The van der Waals surface area contributed by atoms with E-state index in [1.54, 1.807) is 0 Å². The van der Waals surface area contributed by atoms with Crippen LogP contribution >= 0.6 is 0 Å². The second-order valence-electron chi connectivity index (χ2n) is 2.88. The quantitative estimate of drug-likeness (QED) is 0.587. The maximum absolute atomic E-state index is 11.6. The molecule has 2 aromatic heterocycles. The summed E-state index contributed by atoms with van der Waals surface area (Å²) in [5, 5.41) is 18.2. The standard InChI is InChI=1S/C7H8N6O3/c1-8-6(15)4-5-10-11-13(3-14)7(16)12(5)2-9-4/h2,14H,3H2,1H3,(H,8,15). The minimum Gasteiger partial charge on any atom is -0.374 e. The van der Waals surface area contributed by atoms with Crippen molar-refractivity contribution < 1.29 is 9.90 Å². The van der Waals surface area contributed by atoms with Gasteiger partial charge in [-0.25, -0.2) is 14.2 Å². The largest absolute Gasteiger partial charge is 0.374 e. The molecule has 0 radical (unpaired) electrons. The lowest BCUT2D eigenvalue weighted by molar-refractivity contribution is 0.0960. The van der Waals surface area contributed by atoms with Gasteiger partial charge in [0.1, 0.15) is 13.1 Å². The van der Waals surface area contributed by atoms with Gasteiger partial charge in [-0.05, 0) is 0 Å². The predicted octanol–water partition coefficient (Wildman–Crippen LogP) is -2.40. The van der Waals surface area contributed by atoms with Crippen LogP contribution in [-0.2, 0) is 6.73 Å². The minimum atomic E-state index is -0.616. The first-order valence-electron chi connectivity index (χ1n) is 4.33. The van der Waals surface area contributed by atoms with Gasteiger partial charge >= 0.3 is 5.69 Å². The van der Waals surface area contributed by atoms with Crippen LogP contribution in [0.2, 0.25) is 0 Å². The first-order chi connectivity index (χ1) is 7.69. The van der Waals surface area contributed by atoms with Crippen molar-refractivity contribution in [2.75, 3.05) is 7.05 Å². The fourth-order valence-electron chi connectivity index (χ4n) is 1.20. The molecule has 9 nitrogen and oxygen atoms in total. The molecule has 2 aromatic rings. The molecular weight excluding hydrogens is 216 g/mol. The molecule has 84 valence electrons. The average molecular weight is 224 g/mol. The van der Waals surface area contributed by atoms with Crippen LogP contribution in [0.5, 0.6) is 0 Å². The summed E-state index contributed by atoms with van der Waals surface area (Å²) in [4.78, 5) is 26.7. The molecule has 0 saturated carbocycles. The first kappa shape index (κ1) is 10.2. The van der Waals surface area contributed by atoms with Crippen LogP contribution in [0.4, 0.5) is 0 Å². The SMILES string of the molecule is CNC(=O)c1ncn2c(=O)n(CO)nnc12. The van der Waals surface area contributed by atoms with Gasteiger partial charge in [0.2, 0.25) is 0 Å². The molecule has 16 heavy (non-hydrogen) atoms. The highest BCUT2D eigenvalue weighted by molar-refractivity contribution is 5.97. The Hall–Kier alpha value is -2.29. The molecule has 0 aromatic carbocycles. The Morgan fingerprint density at radius 2 is 2.38 bits per heavy atom. The highest BCUT2D eigenvalue weighted by atomic mass is 16.3. The molecule has 0 saturated heterocycles. The molecular formula is C7H8N6O3. The Bertz CT molecular complexity index is 600. The summed E-state index contributed by atoms with van der Waals surface area (Å²) < 4.78 is 1.77. The number of hydrogen-bond donors (Lipinski definition) is 2. The van der Waals surface area contributed by atoms with Gasteiger partial charge in [-0.3, -0.25) is 4.79 Å². The normalized spacial score (nSPS) is 10.6. The van der Waals surface area contributed by atoms with Crippen molar-refractivity contribution in [1.82, 2.24) is 29.7 Å². The summed E-state index contributed by atoms with van der Waals surface area (Å²) in [7, 11) is 1.44. The summed E-state index contributed by atoms with van der Waals surface area (Å²) >= 11 is 0. The smallest absolute Gasteiger partial charge is 0.355 e. The Labute approximate surface area is 88.3 Å². The zero-order valence-corrected chi connectivity index (χ0v) is 8.28. The van der Waals surface area contributed by atoms with Crippen LogP contribution < -0.4 is 11.0 Å². The zero-order valence-electron chi connectivity index (χ0n) is 8.28. The minimum absolute atomic E-state index is 0.0113. The van der Waals surface area contributed by atoms with Crippen LogP contribution in [0.3, 0.4) is 0 Å². The number of nitrogens with one attached hydrogen (secondary N) is 1. The van der Waals surface area contributed by atoms with E-state index in [1.165, 1.54) is 7.05 Å². The fourth-order valence-corrected chi connectivity index (χ4v) is 1.20. The van der Waals surface area contributed by atoms with Crippen molar-refractivity contribution in [2.45, 2.75) is 6.73 Å². The second-order valence-corrected chi connectivity index (χ2v) is 2.88. The number of carbonyl (C=O) groups is 1. The Kier molecular flexibility index (Phi) is 2.37. The monoisotopic (exact) mass is 224 g/mol. The molecule has 0 atom stereocenters. The van der Waals surface area contributed by atoms with E-state index in [1.807, 2.05) is 0 Å². The molecule has 1 amide bonds. The van der Waals surface area contributed by atoms with Crippen LogP contribution in [0.15, 0.2) is 11.1 Å². The number of hydrogen-bond acceptors (Lipinski definition) is 6. The van der Waals surface area contributed by atoms with Gasteiger partial charge in [-0.2, -0.15) is 4.68 Å². The molecule has 2 rings (SSSR count). The Morgan fingerprint density at radius 1 is 1.62 bits per heavy atom. The highest BCUT2D eigenvalue weighted by Crippen LogP contribution is 2.01. The molecule has 0 aliphatic carbocycles. The lowest BCUT2D eigenvalue weighted by Gasteiger charge is -1.99. The lowest BCUT2D eigenvalue weighted by atomic mass is 10.4. The van der Waals surface area contributed by atoms with Crippen molar-refractivity contribution in [1.29, 1.82) is 0 Å². The second kappa shape index (κ2) is 3.70. The maximum Gasteiger partial charge on any atom is 0.355 e. The predicted molar refractivity (Wildman–Crippen MR) is 50.7 cm³/mol. The number of imidazole rings is 1. The molecule has 0 aliphatic rings. The Balaban J connectivity index is 2.72. The number of aliphatic hydroxyl groups is 1. The summed E-state index contributed by atoms with van der Waals surface area (Å²) in [5.41, 5.74) is -0.554. The van der Waals surface area contributed by atoms with E-state index in [0.717, 1.165) is 15.4 Å². The van der Waals surface area contributed by atoms with Gasteiger partial charge in [0.15, 0.2) is 11.3 Å². The molecule has 2 heterocycles. The molecule has 0 unspecified atom stereocenters. The van der Waals surface area contributed by atoms with E-state index >= 15 is 0 Å². The van der Waals surface area contributed by atoms with Crippen molar-refractivity contribution in [3.8, 4) is 0 Å². The third-order valence-corrected chi connectivity index (χ3v) is 1.99. The summed E-state index contributed by atoms with van der Waals surface area (Å²) in [6.45, 7) is -0.588. The lowest BCUT2D eigenvalue weighted by Crippen LogP contribution is -2.30. The fraction of sp³-hybridized carbons (Fsp3) is 0.286. The van der Waals surface area contributed by atoms with Crippen LogP contribution in [0, 0.1) is 0 Å². The van der Waals surface area contributed by atoms with Gasteiger partial charge in [0.25, 0.3) is 5.91 Å². The molecule has 9 heteroatoms. The van der Waals surface area contributed by atoms with Crippen molar-refractivity contribution in [2.24, 2.45) is 0 Å². The van der Waals surface area contributed by atoms with E-state index in [2.05, 4.69) is 20.6 Å². The number of fused-ring (bicyclic) bond motifs is 1. The van der Waals surface area contributed by atoms with Crippen LogP contribution in [-0.4, -0.2) is 42.4 Å². The third kappa shape index (κ3) is 1.34. The highest BCUT2D eigenvalue weighted by Gasteiger charge is 2.15. The number of carbonyl (C=O) groups excluding carboxylic acids is 1. The number of rotatable bonds is 2. The molecule has 0 spiro atoms. The van der Waals surface area contributed by atoms with Crippen LogP contribution in [0.25, 0.3) is 5.65 Å². The van der Waals surface area contributed by atoms with E-state index < -0.39 is 18.3 Å². The van der Waals surface area contributed by atoms with Gasteiger partial charge in [0, 0.05) is 7.05 Å². The molecule has 0 bridgehead atoms. The Morgan fingerprint density at radius 3 is 3.00 bits per heavy atom. The van der Waals surface area contributed by atoms with E-state index in [9.17, 15) is 9.59 Å². The van der Waals surface area contributed by atoms with Gasteiger partial charge in [0.05, 0.1) is 0 Å². The van der Waals surface area contributed by atoms with E-state index in [-0.39, 0.29) is 11.3 Å². The maximum atomic E-state index is 11.6. The number of aliphatic hydroxyl groups excluding tert-OH is 1. The molecule has 2 N–H and O–H groups in total.